The zero-order chi connectivity index (χ0) is 17.2. The molecule has 0 aliphatic heterocycles. The minimum absolute atomic E-state index is 0.0187. The van der Waals surface area contributed by atoms with Crippen LogP contribution in [-0.2, 0) is 11.3 Å². The number of nitrogens with zero attached hydrogens (tertiary/aromatic N) is 2. The van der Waals surface area contributed by atoms with Crippen LogP contribution in [0.1, 0.15) is 11.1 Å². The van der Waals surface area contributed by atoms with Crippen molar-refractivity contribution < 1.29 is 4.74 Å². The lowest BCUT2D eigenvalue weighted by Gasteiger charge is -2.14. The molecular formula is C22H22N2O. The quantitative estimate of drug-likeness (QED) is 0.599. The molecule has 0 fully saturated rings. The lowest BCUT2D eigenvalue weighted by atomic mass is 10.2. The highest BCUT2D eigenvalue weighted by molar-refractivity contribution is 5.50. The van der Waals surface area contributed by atoms with Gasteiger partial charge < -0.3 is 9.30 Å². The fraction of sp³-hybridized carbons (Fsp3) is 0.136. The van der Waals surface area contributed by atoms with E-state index in [0.29, 0.717) is 6.61 Å². The van der Waals surface area contributed by atoms with Crippen molar-refractivity contribution in [3.63, 3.8) is 0 Å². The second kappa shape index (κ2) is 9.40. The van der Waals surface area contributed by atoms with Crippen LogP contribution in [0.2, 0.25) is 0 Å². The first-order valence-electron chi connectivity index (χ1n) is 8.42. The summed E-state index contributed by atoms with van der Waals surface area (Å²) >= 11 is 0. The summed E-state index contributed by atoms with van der Waals surface area (Å²) in [5, 5.41) is 0. The van der Waals surface area contributed by atoms with Crippen LogP contribution in [0.3, 0.4) is 0 Å². The lowest BCUT2D eigenvalue weighted by Crippen LogP contribution is -2.17. The van der Waals surface area contributed by atoms with E-state index < -0.39 is 0 Å². The largest absolute Gasteiger partial charge is 0.368 e. The fourth-order valence-electron chi connectivity index (χ4n) is 2.48. The van der Waals surface area contributed by atoms with Gasteiger partial charge in [-0.25, -0.2) is 4.98 Å². The minimum atomic E-state index is -0.0187. The molecule has 0 radical (unpaired) electrons. The maximum Gasteiger partial charge on any atom is 0.0946 e. The predicted molar refractivity (Wildman–Crippen MR) is 103 cm³/mol. The van der Waals surface area contributed by atoms with Crippen molar-refractivity contribution in [1.29, 1.82) is 0 Å². The Bertz CT molecular complexity index is 777. The van der Waals surface area contributed by atoms with Gasteiger partial charge in [0, 0.05) is 12.4 Å². The van der Waals surface area contributed by atoms with Crippen molar-refractivity contribution in [2.45, 2.75) is 12.6 Å². The van der Waals surface area contributed by atoms with Gasteiger partial charge in [-0.15, -0.1) is 0 Å². The molecule has 1 unspecified atom stereocenters. The highest BCUT2D eigenvalue weighted by Gasteiger charge is 2.05. The molecule has 3 heteroatoms. The number of hydrogen-bond donors (Lipinski definition) is 0. The van der Waals surface area contributed by atoms with Crippen molar-refractivity contribution in [1.82, 2.24) is 9.55 Å². The number of aromatic nitrogens is 2. The van der Waals surface area contributed by atoms with Gasteiger partial charge >= 0.3 is 0 Å². The summed E-state index contributed by atoms with van der Waals surface area (Å²) in [7, 11) is 0. The Kier molecular flexibility index (Phi) is 6.37. The average Bonchev–Trinajstić information content (AvgIpc) is 3.18. The van der Waals surface area contributed by atoms with E-state index >= 15 is 0 Å². The molecular weight excluding hydrogens is 308 g/mol. The molecule has 0 N–H and O–H groups in total. The Balaban J connectivity index is 1.60. The number of ether oxygens (including phenoxy) is 1. The first kappa shape index (κ1) is 16.9. The number of imidazole rings is 1. The highest BCUT2D eigenvalue weighted by Crippen LogP contribution is 2.07. The maximum absolute atomic E-state index is 6.04. The van der Waals surface area contributed by atoms with E-state index in [9.17, 15) is 0 Å². The van der Waals surface area contributed by atoms with Crippen LogP contribution in [0.25, 0.3) is 12.2 Å². The van der Waals surface area contributed by atoms with E-state index in [0.717, 1.165) is 6.54 Å². The number of hydrogen-bond acceptors (Lipinski definition) is 2. The molecule has 126 valence electrons. The fourth-order valence-corrected chi connectivity index (χ4v) is 2.48. The Morgan fingerprint density at radius 2 is 1.60 bits per heavy atom. The topological polar surface area (TPSA) is 27.1 Å². The molecule has 2 aromatic carbocycles. The van der Waals surface area contributed by atoms with Gasteiger partial charge in [0.05, 0.1) is 25.6 Å². The Morgan fingerprint density at radius 1 is 0.920 bits per heavy atom. The maximum atomic E-state index is 6.04. The second-order valence-electron chi connectivity index (χ2n) is 5.71. The number of rotatable bonds is 8. The van der Waals surface area contributed by atoms with Crippen LogP contribution in [0.15, 0.2) is 91.5 Å². The molecule has 0 bridgehead atoms. The zero-order valence-corrected chi connectivity index (χ0v) is 14.1. The molecule has 25 heavy (non-hydrogen) atoms. The first-order chi connectivity index (χ1) is 12.4. The van der Waals surface area contributed by atoms with Gasteiger partial charge in [0.1, 0.15) is 0 Å². The van der Waals surface area contributed by atoms with E-state index in [1.807, 2.05) is 59.6 Å². The third-order valence-corrected chi connectivity index (χ3v) is 3.77. The third-order valence-electron chi connectivity index (χ3n) is 3.77. The Hall–Kier alpha value is -2.91. The monoisotopic (exact) mass is 330 g/mol. The van der Waals surface area contributed by atoms with Crippen LogP contribution in [0.5, 0.6) is 0 Å². The SMILES string of the molecule is C(=CC(Cn1ccnc1)OC/C=C/c1ccccc1)c1ccccc1. The van der Waals surface area contributed by atoms with Gasteiger partial charge in [-0.3, -0.25) is 0 Å². The Labute approximate surface area is 148 Å². The standard InChI is InChI=1S/C22H22N2O/c1-3-8-20(9-4-1)12-7-17-25-22(18-24-16-15-23-19-24)14-13-21-10-5-2-6-11-21/h1-16,19,22H,17-18H2/b12-7+,14-13?. The summed E-state index contributed by atoms with van der Waals surface area (Å²) < 4.78 is 8.07. The minimum Gasteiger partial charge on any atom is -0.368 e. The average molecular weight is 330 g/mol. The normalized spacial score (nSPS) is 12.8. The molecule has 0 aliphatic carbocycles. The Morgan fingerprint density at radius 3 is 2.24 bits per heavy atom. The number of benzene rings is 2. The smallest absolute Gasteiger partial charge is 0.0946 e. The summed E-state index contributed by atoms with van der Waals surface area (Å²) in [6, 6.07) is 20.5. The third kappa shape index (κ3) is 5.90. The molecule has 1 aromatic heterocycles. The molecule has 0 aliphatic rings. The molecule has 0 saturated heterocycles. The van der Waals surface area contributed by atoms with Crippen LogP contribution in [-0.4, -0.2) is 22.3 Å². The van der Waals surface area contributed by atoms with Crippen molar-refractivity contribution in [3.05, 3.63) is 103 Å². The predicted octanol–water partition coefficient (Wildman–Crippen LogP) is 4.70. The van der Waals surface area contributed by atoms with Gasteiger partial charge in [0.15, 0.2) is 0 Å². The molecule has 3 nitrogen and oxygen atoms in total. The van der Waals surface area contributed by atoms with Gasteiger partial charge in [-0.2, -0.15) is 0 Å². The molecule has 1 heterocycles. The summed E-state index contributed by atoms with van der Waals surface area (Å²) in [4.78, 5) is 4.10. The van der Waals surface area contributed by atoms with Gasteiger partial charge in [-0.05, 0) is 11.1 Å². The zero-order valence-electron chi connectivity index (χ0n) is 14.1. The van der Waals surface area contributed by atoms with E-state index in [2.05, 4.69) is 47.5 Å². The van der Waals surface area contributed by atoms with E-state index in [1.165, 1.54) is 11.1 Å². The molecule has 3 rings (SSSR count). The molecule has 0 saturated carbocycles. The van der Waals surface area contributed by atoms with E-state index in [4.69, 9.17) is 4.74 Å². The van der Waals surface area contributed by atoms with Crippen molar-refractivity contribution >= 4 is 12.2 Å². The van der Waals surface area contributed by atoms with E-state index in [1.54, 1.807) is 6.20 Å². The van der Waals surface area contributed by atoms with Crippen LogP contribution >= 0.6 is 0 Å². The van der Waals surface area contributed by atoms with E-state index in [-0.39, 0.29) is 6.10 Å². The van der Waals surface area contributed by atoms with Crippen LogP contribution < -0.4 is 0 Å². The van der Waals surface area contributed by atoms with Crippen molar-refractivity contribution in [2.75, 3.05) is 6.61 Å². The van der Waals surface area contributed by atoms with Gasteiger partial charge in [0.25, 0.3) is 0 Å². The molecule has 3 aromatic rings. The molecule has 0 spiro atoms. The molecule has 1 atom stereocenters. The lowest BCUT2D eigenvalue weighted by molar-refractivity contribution is 0.0968. The van der Waals surface area contributed by atoms with Gasteiger partial charge in [0.2, 0.25) is 0 Å². The summed E-state index contributed by atoms with van der Waals surface area (Å²) in [6.45, 7) is 1.30. The summed E-state index contributed by atoms with van der Waals surface area (Å²) in [5.41, 5.74) is 2.35. The van der Waals surface area contributed by atoms with Crippen molar-refractivity contribution in [3.8, 4) is 0 Å². The van der Waals surface area contributed by atoms with Crippen molar-refractivity contribution in [2.24, 2.45) is 0 Å². The molecule has 0 amide bonds. The first-order valence-corrected chi connectivity index (χ1v) is 8.42. The van der Waals surface area contributed by atoms with Gasteiger partial charge in [-0.1, -0.05) is 85.0 Å². The summed E-state index contributed by atoms with van der Waals surface area (Å²) in [5.74, 6) is 0. The van der Waals surface area contributed by atoms with Crippen LogP contribution in [0.4, 0.5) is 0 Å². The summed E-state index contributed by atoms with van der Waals surface area (Å²) in [6.07, 6.45) is 13.9. The highest BCUT2D eigenvalue weighted by atomic mass is 16.5. The second-order valence-corrected chi connectivity index (χ2v) is 5.71. The van der Waals surface area contributed by atoms with Crippen LogP contribution in [0, 0.1) is 0 Å².